The predicted octanol–water partition coefficient (Wildman–Crippen LogP) is 6.75. The van der Waals surface area contributed by atoms with Gasteiger partial charge in [0.25, 0.3) is 0 Å². The number of para-hydroxylation sites is 1. The van der Waals surface area contributed by atoms with Gasteiger partial charge in [0.05, 0.1) is 29.5 Å². The molecule has 274 valence electrons. The Bertz CT molecular complexity index is 1970. The molecule has 4 aromatic rings. The third-order valence-corrected chi connectivity index (χ3v) is 9.41. The summed E-state index contributed by atoms with van der Waals surface area (Å²) >= 11 is 0. The number of benzene rings is 4. The normalized spacial score (nSPS) is 17.6. The van der Waals surface area contributed by atoms with E-state index < -0.39 is 54.1 Å². The summed E-state index contributed by atoms with van der Waals surface area (Å²) < 4.78 is 45.4. The van der Waals surface area contributed by atoms with Crippen LogP contribution in [0.2, 0.25) is 0 Å². The Hall–Kier alpha value is -5.82. The first-order valence-electron chi connectivity index (χ1n) is 17.2. The largest absolute Gasteiger partial charge is 0.480 e. The number of cyclic esters (lactones) is 1. The Labute approximate surface area is 303 Å². The molecule has 0 aromatic heterocycles. The second kappa shape index (κ2) is 16.2. The average molecular weight is 727 g/mol. The summed E-state index contributed by atoms with van der Waals surface area (Å²) in [6.45, 7) is 1.24. The van der Waals surface area contributed by atoms with Gasteiger partial charge in [0.2, 0.25) is 11.8 Å². The van der Waals surface area contributed by atoms with E-state index in [-0.39, 0.29) is 30.3 Å². The SMILES string of the molecule is O=C(O)[C@@H](N=C(c1ccccc1)c1ccccc1NC(=O)[C@@H]1CCCN1Cc1ccccc1)[C@H](CC(=O)N1CCOC1=O)c1ccc(C(F)(F)F)cc1. The smallest absolute Gasteiger partial charge is 0.416 e. The molecule has 0 unspecified atom stereocenters. The number of likely N-dealkylation sites (tertiary alicyclic amines) is 1. The van der Waals surface area contributed by atoms with Gasteiger partial charge in [0.15, 0.2) is 6.04 Å². The van der Waals surface area contributed by atoms with Gasteiger partial charge in [0.1, 0.15) is 6.61 Å². The molecular formula is C40H37F3N4O6. The number of carbonyl (C=O) groups is 4. The molecular weight excluding hydrogens is 689 g/mol. The molecule has 2 aliphatic rings. The van der Waals surface area contributed by atoms with E-state index in [1.807, 2.05) is 30.3 Å². The summed E-state index contributed by atoms with van der Waals surface area (Å²) in [5.41, 5.74) is 1.66. The molecule has 10 nitrogen and oxygen atoms in total. The minimum absolute atomic E-state index is 0.0401. The molecule has 2 N–H and O–H groups in total. The number of ether oxygens (including phenoxy) is 1. The molecule has 0 radical (unpaired) electrons. The highest BCUT2D eigenvalue weighted by atomic mass is 19.4. The number of carboxylic acids is 1. The molecule has 0 bridgehead atoms. The Morgan fingerprint density at radius 3 is 2.19 bits per heavy atom. The Morgan fingerprint density at radius 1 is 0.887 bits per heavy atom. The van der Waals surface area contributed by atoms with Crippen LogP contribution in [0.25, 0.3) is 0 Å². The van der Waals surface area contributed by atoms with E-state index in [0.717, 1.165) is 47.7 Å². The molecule has 6 rings (SSSR count). The van der Waals surface area contributed by atoms with Crippen molar-refractivity contribution in [1.82, 2.24) is 9.80 Å². The van der Waals surface area contributed by atoms with Gasteiger partial charge < -0.3 is 15.2 Å². The Morgan fingerprint density at radius 2 is 1.55 bits per heavy atom. The lowest BCUT2D eigenvalue weighted by Gasteiger charge is -2.26. The number of carboxylic acid groups (broad SMARTS) is 1. The topological polar surface area (TPSA) is 129 Å². The molecule has 0 saturated carbocycles. The molecule has 53 heavy (non-hydrogen) atoms. The van der Waals surface area contributed by atoms with Crippen molar-refractivity contribution in [3.8, 4) is 0 Å². The van der Waals surface area contributed by atoms with Crippen molar-refractivity contribution < 1.29 is 42.2 Å². The molecule has 4 aromatic carbocycles. The van der Waals surface area contributed by atoms with Crippen LogP contribution in [-0.4, -0.2) is 76.3 Å². The maximum atomic E-state index is 13.9. The highest BCUT2D eigenvalue weighted by Gasteiger charge is 2.38. The maximum Gasteiger partial charge on any atom is 0.416 e. The van der Waals surface area contributed by atoms with Gasteiger partial charge in [0, 0.05) is 30.0 Å². The molecule has 2 saturated heterocycles. The first-order valence-corrected chi connectivity index (χ1v) is 17.2. The fourth-order valence-corrected chi connectivity index (χ4v) is 6.75. The fraction of sp³-hybridized carbons (Fsp3) is 0.275. The number of hydrogen-bond donors (Lipinski definition) is 2. The fourth-order valence-electron chi connectivity index (χ4n) is 6.75. The molecule has 2 heterocycles. The van der Waals surface area contributed by atoms with E-state index in [1.54, 1.807) is 54.6 Å². The molecule has 0 aliphatic carbocycles. The van der Waals surface area contributed by atoms with E-state index in [0.29, 0.717) is 29.8 Å². The zero-order valence-corrected chi connectivity index (χ0v) is 28.5. The zero-order chi connectivity index (χ0) is 37.5. The minimum Gasteiger partial charge on any atom is -0.480 e. The molecule has 2 fully saturated rings. The van der Waals surface area contributed by atoms with Crippen LogP contribution in [-0.2, 0) is 31.8 Å². The van der Waals surface area contributed by atoms with Crippen LogP contribution in [0, 0.1) is 0 Å². The lowest BCUT2D eigenvalue weighted by molar-refractivity contribution is -0.140. The van der Waals surface area contributed by atoms with E-state index in [2.05, 4.69) is 10.2 Å². The summed E-state index contributed by atoms with van der Waals surface area (Å²) in [4.78, 5) is 60.4. The van der Waals surface area contributed by atoms with Gasteiger partial charge in [-0.2, -0.15) is 13.2 Å². The van der Waals surface area contributed by atoms with Crippen LogP contribution < -0.4 is 5.32 Å². The van der Waals surface area contributed by atoms with Crippen LogP contribution >= 0.6 is 0 Å². The lowest BCUT2D eigenvalue weighted by atomic mass is 9.87. The van der Waals surface area contributed by atoms with E-state index in [4.69, 9.17) is 9.73 Å². The number of imide groups is 1. The molecule has 0 spiro atoms. The summed E-state index contributed by atoms with van der Waals surface area (Å²) in [7, 11) is 0. The first kappa shape index (κ1) is 37.0. The van der Waals surface area contributed by atoms with Gasteiger partial charge in [-0.3, -0.25) is 19.5 Å². The quantitative estimate of drug-likeness (QED) is 0.155. The van der Waals surface area contributed by atoms with Crippen LogP contribution in [0.3, 0.4) is 0 Å². The maximum absolute atomic E-state index is 13.9. The lowest BCUT2D eigenvalue weighted by Crippen LogP contribution is -2.39. The van der Waals surface area contributed by atoms with Crippen molar-refractivity contribution in [3.63, 3.8) is 0 Å². The highest BCUT2D eigenvalue weighted by Crippen LogP contribution is 2.34. The Balaban J connectivity index is 1.39. The number of hydrogen-bond acceptors (Lipinski definition) is 7. The van der Waals surface area contributed by atoms with Crippen LogP contribution in [0.5, 0.6) is 0 Å². The number of carbonyl (C=O) groups excluding carboxylic acids is 3. The summed E-state index contributed by atoms with van der Waals surface area (Å²) in [6, 6.07) is 27.1. The third-order valence-electron chi connectivity index (χ3n) is 9.41. The first-order chi connectivity index (χ1) is 25.5. The number of nitrogens with zero attached hydrogens (tertiary/aromatic N) is 3. The number of nitrogens with one attached hydrogen (secondary N) is 1. The average Bonchev–Trinajstić information content (AvgIpc) is 3.81. The van der Waals surface area contributed by atoms with Gasteiger partial charge in [-0.15, -0.1) is 0 Å². The molecule has 3 atom stereocenters. The van der Waals surface area contributed by atoms with Crippen molar-refractivity contribution in [2.75, 3.05) is 25.0 Å². The van der Waals surface area contributed by atoms with E-state index >= 15 is 0 Å². The van der Waals surface area contributed by atoms with Crippen molar-refractivity contribution in [2.45, 2.75) is 50.0 Å². The van der Waals surface area contributed by atoms with Gasteiger partial charge in [-0.25, -0.2) is 14.5 Å². The van der Waals surface area contributed by atoms with Crippen LogP contribution in [0.15, 0.2) is 114 Å². The van der Waals surface area contributed by atoms with Crippen molar-refractivity contribution >= 4 is 35.3 Å². The number of halogens is 3. The number of aliphatic imine (C=N–C) groups is 1. The number of alkyl halides is 3. The van der Waals surface area contributed by atoms with Crippen LogP contribution in [0.1, 0.15) is 53.0 Å². The number of anilines is 1. The van der Waals surface area contributed by atoms with Crippen molar-refractivity contribution in [1.29, 1.82) is 0 Å². The Kier molecular flexibility index (Phi) is 11.3. The van der Waals surface area contributed by atoms with E-state index in [9.17, 15) is 37.5 Å². The summed E-state index contributed by atoms with van der Waals surface area (Å²) in [5, 5.41) is 13.7. The summed E-state index contributed by atoms with van der Waals surface area (Å²) in [5.74, 6) is -3.76. The molecule has 13 heteroatoms. The predicted molar refractivity (Wildman–Crippen MR) is 190 cm³/mol. The number of amides is 3. The van der Waals surface area contributed by atoms with Gasteiger partial charge >= 0.3 is 18.2 Å². The number of rotatable bonds is 12. The number of aliphatic carboxylic acids is 1. The monoisotopic (exact) mass is 726 g/mol. The summed E-state index contributed by atoms with van der Waals surface area (Å²) in [6.07, 6.45) is -4.63. The van der Waals surface area contributed by atoms with Crippen molar-refractivity contribution in [3.05, 3.63) is 137 Å². The standard InChI is InChI=1S/C40H37F3N4O6/c41-40(42,43)29-19-17-27(18-20-29)31(24-34(48)47-22-23-53-39(47)52)36(38(50)51)45-35(28-12-5-2-6-13-28)30-14-7-8-15-32(30)44-37(49)33-16-9-21-46(33)25-26-10-3-1-4-11-26/h1-8,10-15,17-20,31,33,36H,9,16,21-25H2,(H,44,49)(H,50,51)/t31-,33+,36+/m1/s1. The van der Waals surface area contributed by atoms with Gasteiger partial charge in [-0.05, 0) is 48.7 Å². The van der Waals surface area contributed by atoms with E-state index in [1.165, 1.54) is 0 Å². The second-order valence-electron chi connectivity index (χ2n) is 12.9. The minimum atomic E-state index is -4.65. The van der Waals surface area contributed by atoms with Crippen molar-refractivity contribution in [2.24, 2.45) is 4.99 Å². The molecule has 3 amide bonds. The van der Waals surface area contributed by atoms with Crippen LogP contribution in [0.4, 0.5) is 23.7 Å². The third kappa shape index (κ3) is 8.80. The second-order valence-corrected chi connectivity index (χ2v) is 12.9. The zero-order valence-electron chi connectivity index (χ0n) is 28.5. The molecule has 2 aliphatic heterocycles. The van der Waals surface area contributed by atoms with Gasteiger partial charge in [-0.1, -0.05) is 91.0 Å². The highest BCUT2D eigenvalue weighted by molar-refractivity contribution is 6.18.